The zero-order valence-electron chi connectivity index (χ0n) is 23.9. The summed E-state index contributed by atoms with van der Waals surface area (Å²) in [6.07, 6.45) is 0.260. The molecule has 0 fully saturated rings. The zero-order chi connectivity index (χ0) is 31.0. The lowest BCUT2D eigenvalue weighted by Crippen LogP contribution is -2.53. The van der Waals surface area contributed by atoms with E-state index in [-0.39, 0.29) is 23.8 Å². The molecule has 0 radical (unpaired) electrons. The Balaban J connectivity index is 1.79. The van der Waals surface area contributed by atoms with E-state index in [2.05, 4.69) is 37.2 Å². The Bertz CT molecular complexity index is 1650. The number of hydrogen-bond acceptors (Lipinski definition) is 4. The summed E-state index contributed by atoms with van der Waals surface area (Å²) >= 11 is 6.88. The molecule has 1 unspecified atom stereocenters. The highest BCUT2D eigenvalue weighted by Gasteiger charge is 2.34. The van der Waals surface area contributed by atoms with E-state index in [0.29, 0.717) is 16.7 Å². The molecule has 4 rings (SSSR count). The number of hydrogen-bond donors (Lipinski definition) is 1. The molecule has 0 spiro atoms. The molecule has 0 saturated carbocycles. The second kappa shape index (κ2) is 14.8. The number of carbonyl (C=O) groups is 2. The number of halogens is 2. The summed E-state index contributed by atoms with van der Waals surface area (Å²) in [5.74, 6) is -0.821. The molecular weight excluding hydrogens is 694 g/mol. The molecule has 0 saturated heterocycles. The largest absolute Gasteiger partial charge is 0.355 e. The monoisotopic (exact) mass is 725 g/mol. The normalized spacial score (nSPS) is 11.9. The maximum absolute atomic E-state index is 14.4. The van der Waals surface area contributed by atoms with Crippen molar-refractivity contribution in [2.75, 3.05) is 17.4 Å². The van der Waals surface area contributed by atoms with Crippen molar-refractivity contribution in [3.8, 4) is 0 Å². The van der Waals surface area contributed by atoms with Crippen LogP contribution in [0.25, 0.3) is 0 Å². The fraction of sp³-hybridized carbons (Fsp3) is 0.212. The van der Waals surface area contributed by atoms with Crippen LogP contribution in [0.1, 0.15) is 23.6 Å². The van der Waals surface area contributed by atoms with Gasteiger partial charge in [-0.1, -0.05) is 98.1 Å². The smallest absolute Gasteiger partial charge is 0.264 e. The lowest BCUT2D eigenvalue weighted by Gasteiger charge is -2.34. The van der Waals surface area contributed by atoms with Crippen LogP contribution in [0.5, 0.6) is 0 Å². The lowest BCUT2D eigenvalue weighted by atomic mass is 10.0. The van der Waals surface area contributed by atoms with Crippen LogP contribution < -0.4 is 9.62 Å². The maximum Gasteiger partial charge on any atom is 0.264 e. The average Bonchev–Trinajstić information content (AvgIpc) is 2.99. The molecule has 1 atom stereocenters. The highest BCUT2D eigenvalue weighted by Crippen LogP contribution is 2.27. The number of nitrogens with zero attached hydrogens (tertiary/aromatic N) is 2. The summed E-state index contributed by atoms with van der Waals surface area (Å²) < 4.78 is 30.8. The standard InChI is InChI=1S/C33H33Br2N3O4S/c1-3-36-33(40)31(20-25-8-5-4-6-9-25)37(22-26-14-16-27(34)17-15-26)32(39)23-38(29-11-7-10-28(35)21-29)43(41,42)30-18-12-24(2)13-19-30/h4-19,21,31H,3,20,22-23H2,1-2H3,(H,36,40). The van der Waals surface area contributed by atoms with Gasteiger partial charge in [-0.15, -0.1) is 0 Å². The number of nitrogens with one attached hydrogen (secondary N) is 1. The molecule has 0 aromatic heterocycles. The minimum absolute atomic E-state index is 0.0647. The molecule has 0 aliphatic heterocycles. The lowest BCUT2D eigenvalue weighted by molar-refractivity contribution is -0.140. The predicted molar refractivity (Wildman–Crippen MR) is 177 cm³/mol. The number of sulfonamides is 1. The Morgan fingerprint density at radius 3 is 2.12 bits per heavy atom. The highest BCUT2D eigenvalue weighted by atomic mass is 79.9. The Labute approximate surface area is 270 Å². The van der Waals surface area contributed by atoms with Gasteiger partial charge < -0.3 is 10.2 Å². The van der Waals surface area contributed by atoms with Gasteiger partial charge in [0.1, 0.15) is 12.6 Å². The van der Waals surface area contributed by atoms with Crippen LogP contribution in [0.3, 0.4) is 0 Å². The SMILES string of the molecule is CCNC(=O)C(Cc1ccccc1)N(Cc1ccc(Br)cc1)C(=O)CN(c1cccc(Br)c1)S(=O)(=O)c1ccc(C)cc1. The molecule has 10 heteroatoms. The average molecular weight is 728 g/mol. The molecule has 224 valence electrons. The molecule has 2 amide bonds. The van der Waals surface area contributed by atoms with Gasteiger partial charge in [0.15, 0.2) is 0 Å². The van der Waals surface area contributed by atoms with Gasteiger partial charge in [0.25, 0.3) is 10.0 Å². The number of anilines is 1. The predicted octanol–water partition coefficient (Wildman–Crippen LogP) is 6.49. The van der Waals surface area contributed by atoms with Gasteiger partial charge in [-0.2, -0.15) is 0 Å². The van der Waals surface area contributed by atoms with Crippen molar-refractivity contribution in [1.82, 2.24) is 10.2 Å². The Kier molecular flexibility index (Phi) is 11.2. The second-order valence-corrected chi connectivity index (χ2v) is 13.7. The molecule has 1 N–H and O–H groups in total. The Morgan fingerprint density at radius 2 is 1.49 bits per heavy atom. The fourth-order valence-corrected chi connectivity index (χ4v) is 6.69. The summed E-state index contributed by atoms with van der Waals surface area (Å²) in [5.41, 5.74) is 2.91. The molecule has 0 aliphatic carbocycles. The van der Waals surface area contributed by atoms with E-state index in [1.54, 1.807) is 36.4 Å². The van der Waals surface area contributed by atoms with E-state index in [1.165, 1.54) is 17.0 Å². The van der Waals surface area contributed by atoms with Gasteiger partial charge >= 0.3 is 0 Å². The van der Waals surface area contributed by atoms with E-state index >= 15 is 0 Å². The van der Waals surface area contributed by atoms with Gasteiger partial charge in [0.2, 0.25) is 11.8 Å². The van der Waals surface area contributed by atoms with Crippen molar-refractivity contribution >= 4 is 59.4 Å². The fourth-order valence-electron chi connectivity index (χ4n) is 4.63. The quantitative estimate of drug-likeness (QED) is 0.181. The molecule has 0 heterocycles. The van der Waals surface area contributed by atoms with Crippen molar-refractivity contribution < 1.29 is 18.0 Å². The van der Waals surface area contributed by atoms with Crippen LogP contribution >= 0.6 is 31.9 Å². The van der Waals surface area contributed by atoms with Crippen molar-refractivity contribution in [2.45, 2.75) is 37.8 Å². The van der Waals surface area contributed by atoms with Crippen molar-refractivity contribution in [2.24, 2.45) is 0 Å². The van der Waals surface area contributed by atoms with Crippen LogP contribution in [-0.2, 0) is 32.6 Å². The molecular formula is C33H33Br2N3O4S. The summed E-state index contributed by atoms with van der Waals surface area (Å²) in [7, 11) is -4.15. The van der Waals surface area contributed by atoms with Gasteiger partial charge in [0.05, 0.1) is 10.6 Å². The van der Waals surface area contributed by atoms with E-state index < -0.39 is 28.5 Å². The number of benzene rings is 4. The highest BCUT2D eigenvalue weighted by molar-refractivity contribution is 9.10. The maximum atomic E-state index is 14.4. The summed E-state index contributed by atoms with van der Waals surface area (Å²) in [6, 6.07) is 29.4. The topological polar surface area (TPSA) is 86.8 Å². The first-order valence-corrected chi connectivity index (χ1v) is 16.8. The first-order chi connectivity index (χ1) is 20.6. The molecule has 7 nitrogen and oxygen atoms in total. The first-order valence-electron chi connectivity index (χ1n) is 13.8. The summed E-state index contributed by atoms with van der Waals surface area (Å²) in [6.45, 7) is 3.68. The van der Waals surface area contributed by atoms with Crippen LogP contribution in [-0.4, -0.2) is 44.3 Å². The van der Waals surface area contributed by atoms with E-state index in [0.717, 1.165) is 25.5 Å². The van der Waals surface area contributed by atoms with Crippen molar-refractivity contribution in [1.29, 1.82) is 0 Å². The van der Waals surface area contributed by atoms with E-state index in [9.17, 15) is 18.0 Å². The molecule has 4 aromatic carbocycles. The van der Waals surface area contributed by atoms with Gasteiger partial charge in [-0.25, -0.2) is 8.42 Å². The second-order valence-electron chi connectivity index (χ2n) is 10.1. The molecule has 43 heavy (non-hydrogen) atoms. The van der Waals surface area contributed by atoms with E-state index in [1.807, 2.05) is 68.4 Å². The molecule has 0 aliphatic rings. The third-order valence-corrected chi connectivity index (χ3v) is 9.68. The van der Waals surface area contributed by atoms with Crippen LogP contribution in [0.2, 0.25) is 0 Å². The molecule has 4 aromatic rings. The minimum Gasteiger partial charge on any atom is -0.355 e. The first kappa shape index (κ1) is 32.4. The number of rotatable bonds is 12. The van der Waals surface area contributed by atoms with Crippen molar-refractivity contribution in [3.63, 3.8) is 0 Å². The number of amides is 2. The Morgan fingerprint density at radius 1 is 0.814 bits per heavy atom. The zero-order valence-corrected chi connectivity index (χ0v) is 27.9. The number of aryl methyl sites for hydroxylation is 1. The van der Waals surface area contributed by atoms with E-state index in [4.69, 9.17) is 0 Å². The Hall–Kier alpha value is -3.47. The van der Waals surface area contributed by atoms with Crippen LogP contribution in [0, 0.1) is 6.92 Å². The third-order valence-electron chi connectivity index (χ3n) is 6.87. The third kappa shape index (κ3) is 8.55. The minimum atomic E-state index is -4.15. The van der Waals surface area contributed by atoms with Crippen LogP contribution in [0.4, 0.5) is 5.69 Å². The summed E-state index contributed by atoms with van der Waals surface area (Å²) in [5, 5.41) is 2.87. The number of likely N-dealkylation sites (N-methyl/N-ethyl adjacent to an activating group) is 1. The van der Waals surface area contributed by atoms with Gasteiger partial charge in [-0.3, -0.25) is 13.9 Å². The summed E-state index contributed by atoms with van der Waals surface area (Å²) in [4.78, 5) is 29.5. The van der Waals surface area contributed by atoms with Gasteiger partial charge in [-0.05, 0) is 67.4 Å². The number of carbonyl (C=O) groups excluding carboxylic acids is 2. The van der Waals surface area contributed by atoms with Crippen LogP contribution in [0.15, 0.2) is 117 Å². The van der Waals surface area contributed by atoms with Gasteiger partial charge in [0, 0.05) is 28.5 Å². The van der Waals surface area contributed by atoms with Crippen molar-refractivity contribution in [3.05, 3.63) is 129 Å². The molecule has 0 bridgehead atoms.